The zero-order valence-corrected chi connectivity index (χ0v) is 8.40. The van der Waals surface area contributed by atoms with Crippen molar-refractivity contribution in [3.8, 4) is 0 Å². The first-order valence-electron chi connectivity index (χ1n) is 4.16. The van der Waals surface area contributed by atoms with Crippen LogP contribution in [0.25, 0.3) is 0 Å². The minimum atomic E-state index is -3.20. The third kappa shape index (κ3) is 2.44. The van der Waals surface area contributed by atoms with Crippen molar-refractivity contribution in [3.05, 3.63) is 37.7 Å². The molecule has 0 atom stereocenters. The Labute approximate surface area is 92.2 Å². The van der Waals surface area contributed by atoms with Gasteiger partial charge in [-0.05, 0) is 11.0 Å². The molecule has 92 valence electrons. The van der Waals surface area contributed by atoms with Gasteiger partial charge in [0, 0.05) is 0 Å². The Morgan fingerprint density at radius 2 is 2.18 bits per heavy atom. The highest BCUT2D eigenvalue weighted by atomic mass is 19.3. The molecule has 1 heterocycles. The zero-order chi connectivity index (χ0) is 13.2. The van der Waals surface area contributed by atoms with Crippen LogP contribution in [0.15, 0.2) is 10.9 Å². The van der Waals surface area contributed by atoms with Gasteiger partial charge in [0.2, 0.25) is 0 Å². The number of alkyl halides is 2. The maximum absolute atomic E-state index is 12.5. The highest BCUT2D eigenvalue weighted by Gasteiger charge is 2.26. The molecule has 1 rings (SSSR count). The Hall–Kier alpha value is -2.32. The van der Waals surface area contributed by atoms with E-state index in [1.54, 1.807) is 4.98 Å². The molecule has 0 aliphatic rings. The summed E-state index contributed by atoms with van der Waals surface area (Å²) in [6.07, 6.45) is -3.20. The third-order valence-corrected chi connectivity index (χ3v) is 1.87. The first-order chi connectivity index (χ1) is 7.88. The van der Waals surface area contributed by atoms with E-state index in [0.717, 1.165) is 7.11 Å². The van der Waals surface area contributed by atoms with Crippen LogP contribution in [0, 0.1) is 10.1 Å². The number of halogens is 2. The Kier molecular flexibility index (Phi) is 3.51. The Morgan fingerprint density at radius 3 is 2.59 bits per heavy atom. The second-order valence-corrected chi connectivity index (χ2v) is 2.87. The number of rotatable bonds is 3. The minimum Gasteiger partial charge on any atom is -0.465 e. The molecule has 0 spiro atoms. The number of carbonyl (C=O) groups excluding carboxylic acids is 1. The highest BCUT2D eigenvalue weighted by Crippen LogP contribution is 2.26. The number of pyridine rings is 1. The lowest BCUT2D eigenvalue weighted by Crippen LogP contribution is -2.21. The summed E-state index contributed by atoms with van der Waals surface area (Å²) < 4.78 is 29.2. The number of nitro groups is 1. The van der Waals surface area contributed by atoms with E-state index in [1.807, 2.05) is 0 Å². The number of aromatic nitrogens is 1. The second-order valence-electron chi connectivity index (χ2n) is 2.87. The van der Waals surface area contributed by atoms with Crippen molar-refractivity contribution >= 4 is 11.8 Å². The molecule has 9 heteroatoms. The van der Waals surface area contributed by atoms with Crippen LogP contribution in [0.5, 0.6) is 0 Å². The van der Waals surface area contributed by atoms with Crippen molar-refractivity contribution in [1.29, 1.82) is 0 Å². The van der Waals surface area contributed by atoms with E-state index in [-0.39, 0.29) is 0 Å². The number of hydrogen-bond donors (Lipinski definition) is 1. The van der Waals surface area contributed by atoms with Crippen molar-refractivity contribution < 1.29 is 23.2 Å². The molecule has 17 heavy (non-hydrogen) atoms. The number of hydrogen-bond acceptors (Lipinski definition) is 5. The van der Waals surface area contributed by atoms with Gasteiger partial charge >= 0.3 is 17.3 Å². The van der Waals surface area contributed by atoms with Crippen LogP contribution in [-0.2, 0) is 4.74 Å². The van der Waals surface area contributed by atoms with Crippen molar-refractivity contribution in [1.82, 2.24) is 4.98 Å². The van der Waals surface area contributed by atoms with E-state index >= 15 is 0 Å². The normalized spacial score (nSPS) is 10.4. The fourth-order valence-electron chi connectivity index (χ4n) is 1.12. The Bertz CT molecular complexity index is 525. The fraction of sp³-hybridized carbons (Fsp3) is 0.250. The van der Waals surface area contributed by atoms with Gasteiger partial charge in [-0.1, -0.05) is 0 Å². The van der Waals surface area contributed by atoms with Crippen molar-refractivity contribution in [2.45, 2.75) is 6.43 Å². The molecular formula is C8H6F2N2O5. The molecule has 1 N–H and O–H groups in total. The van der Waals surface area contributed by atoms with E-state index in [1.165, 1.54) is 0 Å². The predicted octanol–water partition coefficient (Wildman–Crippen LogP) is 1.01. The standard InChI is InChI=1S/C8H6F2N2O5/c1-17-8(14)4-2-3(5(9)10)6(12(15)16)11-7(4)13/h2,5H,1H3,(H,11,13). The van der Waals surface area contributed by atoms with Crippen LogP contribution < -0.4 is 5.56 Å². The Morgan fingerprint density at radius 1 is 1.59 bits per heavy atom. The van der Waals surface area contributed by atoms with Crippen LogP contribution in [0.1, 0.15) is 22.3 Å². The summed E-state index contributed by atoms with van der Waals surface area (Å²) in [7, 11) is 0.950. The van der Waals surface area contributed by atoms with Crippen LogP contribution >= 0.6 is 0 Å². The summed E-state index contributed by atoms with van der Waals surface area (Å²) in [5, 5.41) is 10.4. The maximum atomic E-state index is 12.5. The average molecular weight is 248 g/mol. The topological polar surface area (TPSA) is 102 Å². The quantitative estimate of drug-likeness (QED) is 0.488. The molecule has 1 aromatic heterocycles. The van der Waals surface area contributed by atoms with Crippen molar-refractivity contribution in [2.24, 2.45) is 0 Å². The molecule has 0 amide bonds. The zero-order valence-electron chi connectivity index (χ0n) is 8.40. The lowest BCUT2D eigenvalue weighted by molar-refractivity contribution is -0.391. The summed E-state index contributed by atoms with van der Waals surface area (Å²) in [5.41, 5.74) is -2.92. The molecule has 0 fully saturated rings. The minimum absolute atomic E-state index is 0.452. The average Bonchev–Trinajstić information content (AvgIpc) is 2.27. The fourth-order valence-corrected chi connectivity index (χ4v) is 1.12. The first-order valence-corrected chi connectivity index (χ1v) is 4.16. The number of ether oxygens (including phenoxy) is 1. The van der Waals surface area contributed by atoms with Gasteiger partial charge in [-0.15, -0.1) is 0 Å². The van der Waals surface area contributed by atoms with Crippen LogP contribution in [0.4, 0.5) is 14.6 Å². The third-order valence-electron chi connectivity index (χ3n) is 1.87. The lowest BCUT2D eigenvalue weighted by Gasteiger charge is -2.04. The van der Waals surface area contributed by atoms with Crippen molar-refractivity contribution in [3.63, 3.8) is 0 Å². The van der Waals surface area contributed by atoms with E-state index < -0.39 is 39.8 Å². The van der Waals surface area contributed by atoms with Gasteiger partial charge in [0.15, 0.2) is 0 Å². The summed E-state index contributed by atoms with van der Waals surface area (Å²) in [6, 6.07) is 0.452. The van der Waals surface area contributed by atoms with Gasteiger partial charge in [0.25, 0.3) is 6.43 Å². The molecule has 0 saturated carbocycles. The number of nitrogens with one attached hydrogen (secondary N) is 1. The number of nitrogens with zero attached hydrogens (tertiary/aromatic N) is 1. The predicted molar refractivity (Wildman–Crippen MR) is 50.0 cm³/mol. The van der Waals surface area contributed by atoms with Crippen LogP contribution in [0.2, 0.25) is 0 Å². The lowest BCUT2D eigenvalue weighted by atomic mass is 10.2. The second kappa shape index (κ2) is 4.68. The molecule has 0 aliphatic carbocycles. The molecular weight excluding hydrogens is 242 g/mol. The summed E-state index contributed by atoms with van der Waals surface area (Å²) in [6.45, 7) is 0. The van der Waals surface area contributed by atoms with E-state index in [0.29, 0.717) is 6.07 Å². The number of H-pyrrole nitrogens is 1. The molecule has 0 radical (unpaired) electrons. The SMILES string of the molecule is COC(=O)c1cc(C(F)F)c([N+](=O)[O-])[nH]c1=O. The smallest absolute Gasteiger partial charge is 0.346 e. The molecule has 0 aliphatic heterocycles. The molecule has 1 aromatic rings. The number of esters is 1. The van der Waals surface area contributed by atoms with Gasteiger partial charge in [0.05, 0.1) is 7.11 Å². The van der Waals surface area contributed by atoms with Gasteiger partial charge in [-0.3, -0.25) is 0 Å². The first kappa shape index (κ1) is 12.7. The largest absolute Gasteiger partial charge is 0.465 e. The molecule has 0 unspecified atom stereocenters. The van der Waals surface area contributed by atoms with E-state index in [2.05, 4.69) is 4.74 Å². The molecule has 0 bridgehead atoms. The maximum Gasteiger partial charge on any atom is 0.346 e. The van der Waals surface area contributed by atoms with Gasteiger partial charge < -0.3 is 14.9 Å². The van der Waals surface area contributed by atoms with Gasteiger partial charge in [-0.25, -0.2) is 23.4 Å². The van der Waals surface area contributed by atoms with Crippen LogP contribution in [-0.4, -0.2) is 23.0 Å². The molecule has 0 aromatic carbocycles. The summed E-state index contributed by atoms with van der Waals surface area (Å²) >= 11 is 0. The van der Waals surface area contributed by atoms with Gasteiger partial charge in [-0.2, -0.15) is 0 Å². The monoisotopic (exact) mass is 248 g/mol. The molecule has 7 nitrogen and oxygen atoms in total. The number of methoxy groups -OCH3 is 1. The number of carbonyl (C=O) groups is 1. The van der Waals surface area contributed by atoms with E-state index in [9.17, 15) is 28.5 Å². The highest BCUT2D eigenvalue weighted by molar-refractivity contribution is 5.89. The summed E-state index contributed by atoms with van der Waals surface area (Å²) in [5.74, 6) is -2.29. The Balaban J connectivity index is 3.51. The number of aromatic amines is 1. The van der Waals surface area contributed by atoms with Crippen LogP contribution in [0.3, 0.4) is 0 Å². The summed E-state index contributed by atoms with van der Waals surface area (Å²) in [4.78, 5) is 33.1. The van der Waals surface area contributed by atoms with Gasteiger partial charge in [0.1, 0.15) is 11.1 Å². The molecule has 0 saturated heterocycles. The van der Waals surface area contributed by atoms with Crippen molar-refractivity contribution in [2.75, 3.05) is 7.11 Å². The van der Waals surface area contributed by atoms with E-state index in [4.69, 9.17) is 0 Å².